The van der Waals surface area contributed by atoms with Gasteiger partial charge >= 0.3 is 0 Å². The maximum atomic E-state index is 6.58. The number of halogens is 2. The zero-order valence-electron chi connectivity index (χ0n) is 12.7. The number of hydrogen-bond donors (Lipinski definition) is 1. The molecule has 2 N–H and O–H groups in total. The molecule has 2 rings (SSSR count). The third-order valence-electron chi connectivity index (χ3n) is 3.72. The Labute approximate surface area is 139 Å². The van der Waals surface area contributed by atoms with Crippen LogP contribution in [0, 0.1) is 0 Å². The molecule has 1 aromatic heterocycles. The maximum absolute atomic E-state index is 6.58. The van der Waals surface area contributed by atoms with E-state index in [1.807, 2.05) is 35.9 Å². The fraction of sp³-hybridized carbons (Fsp3) is 0.438. The van der Waals surface area contributed by atoms with Gasteiger partial charge in [-0.2, -0.15) is 5.10 Å². The molecule has 21 heavy (non-hydrogen) atoms. The van der Waals surface area contributed by atoms with Gasteiger partial charge in [0.05, 0.1) is 16.4 Å². The van der Waals surface area contributed by atoms with Gasteiger partial charge in [-0.3, -0.25) is 4.68 Å². The van der Waals surface area contributed by atoms with Crippen LogP contribution in [0.3, 0.4) is 0 Å². The molecule has 5 heteroatoms. The zero-order valence-corrected chi connectivity index (χ0v) is 15.0. The van der Waals surface area contributed by atoms with Gasteiger partial charge in [0.25, 0.3) is 0 Å². The molecule has 114 valence electrons. The molecule has 0 amide bonds. The molecule has 1 aromatic carbocycles. The molecule has 0 aliphatic heterocycles. The van der Waals surface area contributed by atoms with Crippen LogP contribution in [0.25, 0.3) is 0 Å². The first kappa shape index (κ1) is 16.5. The molecule has 1 unspecified atom stereocenters. The fourth-order valence-electron chi connectivity index (χ4n) is 2.55. The van der Waals surface area contributed by atoms with E-state index in [0.29, 0.717) is 6.42 Å². The summed E-state index contributed by atoms with van der Waals surface area (Å²) in [7, 11) is 0. The smallest absolute Gasteiger partial charge is 0.0850 e. The minimum atomic E-state index is -0.512. The van der Waals surface area contributed by atoms with Crippen molar-refractivity contribution in [1.82, 2.24) is 9.78 Å². The molecule has 0 bridgehead atoms. The van der Waals surface area contributed by atoms with E-state index in [1.165, 1.54) is 0 Å². The molecule has 1 heterocycles. The summed E-state index contributed by atoms with van der Waals surface area (Å²) in [6.45, 7) is 6.95. The number of hydrogen-bond acceptors (Lipinski definition) is 2. The van der Waals surface area contributed by atoms with Crippen molar-refractivity contribution in [3.8, 4) is 0 Å². The van der Waals surface area contributed by atoms with Gasteiger partial charge in [0.2, 0.25) is 0 Å². The Bertz CT molecular complexity index is 634. The van der Waals surface area contributed by atoms with Gasteiger partial charge in [-0.05, 0) is 31.9 Å². The second-order valence-corrected chi connectivity index (χ2v) is 6.68. The predicted molar refractivity (Wildman–Crippen MR) is 91.7 cm³/mol. The van der Waals surface area contributed by atoms with E-state index >= 15 is 0 Å². The molecule has 0 aliphatic rings. The Kier molecular flexibility index (Phi) is 5.12. The highest BCUT2D eigenvalue weighted by Gasteiger charge is 2.28. The highest BCUT2D eigenvalue weighted by atomic mass is 79.9. The average Bonchev–Trinajstić information content (AvgIpc) is 2.75. The topological polar surface area (TPSA) is 43.8 Å². The minimum Gasteiger partial charge on any atom is -0.321 e. The molecule has 0 saturated heterocycles. The highest BCUT2D eigenvalue weighted by molar-refractivity contribution is 9.10. The second-order valence-electron chi connectivity index (χ2n) is 5.45. The first-order chi connectivity index (χ1) is 9.90. The second kappa shape index (κ2) is 6.51. The van der Waals surface area contributed by atoms with E-state index in [-0.39, 0.29) is 0 Å². The molecule has 0 radical (unpaired) electrons. The summed E-state index contributed by atoms with van der Waals surface area (Å²) in [5.74, 6) is 0. The van der Waals surface area contributed by atoms with Gasteiger partial charge in [0, 0.05) is 23.0 Å². The molecule has 1 atom stereocenters. The summed E-state index contributed by atoms with van der Waals surface area (Å²) < 4.78 is 2.98. The fourth-order valence-corrected chi connectivity index (χ4v) is 3.63. The Balaban J connectivity index is 2.41. The van der Waals surface area contributed by atoms with Gasteiger partial charge < -0.3 is 5.73 Å². The summed E-state index contributed by atoms with van der Waals surface area (Å²) in [6, 6.07) is 8.05. The number of nitrogens with two attached hydrogens (primary N) is 1. The van der Waals surface area contributed by atoms with Crippen molar-refractivity contribution in [1.29, 1.82) is 0 Å². The molecule has 0 spiro atoms. The largest absolute Gasteiger partial charge is 0.321 e. The van der Waals surface area contributed by atoms with Crippen molar-refractivity contribution < 1.29 is 0 Å². The number of aromatic nitrogens is 2. The molecular weight excluding hydrogens is 350 g/mol. The van der Waals surface area contributed by atoms with Gasteiger partial charge in [0.15, 0.2) is 0 Å². The SMILES string of the molecule is CCc1nn(CC)c(CC(C)(N)c2ccccc2Br)c1Cl. The Morgan fingerprint density at radius 1 is 1.33 bits per heavy atom. The van der Waals surface area contributed by atoms with E-state index in [1.54, 1.807) is 0 Å². The minimum absolute atomic E-state index is 0.512. The van der Waals surface area contributed by atoms with Gasteiger partial charge in [-0.15, -0.1) is 0 Å². The van der Waals surface area contributed by atoms with Gasteiger partial charge in [-0.1, -0.05) is 52.7 Å². The van der Waals surface area contributed by atoms with Crippen LogP contribution in [0.15, 0.2) is 28.7 Å². The van der Waals surface area contributed by atoms with Crippen LogP contribution in [-0.2, 0) is 24.9 Å². The lowest BCUT2D eigenvalue weighted by atomic mass is 9.88. The van der Waals surface area contributed by atoms with E-state index in [2.05, 4.69) is 34.9 Å². The predicted octanol–water partition coefficient (Wildman–Crippen LogP) is 4.30. The summed E-state index contributed by atoms with van der Waals surface area (Å²) in [5, 5.41) is 5.32. The lowest BCUT2D eigenvalue weighted by molar-refractivity contribution is 0.462. The van der Waals surface area contributed by atoms with Crippen molar-refractivity contribution in [3.05, 3.63) is 50.7 Å². The van der Waals surface area contributed by atoms with Crippen LogP contribution < -0.4 is 5.73 Å². The molecule has 0 fully saturated rings. The third-order valence-corrected chi connectivity index (χ3v) is 4.85. The summed E-state index contributed by atoms with van der Waals surface area (Å²) in [4.78, 5) is 0. The highest BCUT2D eigenvalue weighted by Crippen LogP contribution is 2.32. The normalized spacial score (nSPS) is 14.2. The molecular formula is C16H21BrClN3. The standard InChI is InChI=1S/C16H21BrClN3/c1-4-13-15(18)14(21(5-2)20-13)10-16(3,19)11-8-6-7-9-12(11)17/h6-9H,4-5,10,19H2,1-3H3. The van der Waals surface area contributed by atoms with Crippen molar-refractivity contribution in [2.75, 3.05) is 0 Å². The number of benzene rings is 1. The van der Waals surface area contributed by atoms with Gasteiger partial charge in [0.1, 0.15) is 0 Å². The van der Waals surface area contributed by atoms with E-state index in [0.717, 1.165) is 39.4 Å². The quantitative estimate of drug-likeness (QED) is 0.853. The van der Waals surface area contributed by atoms with E-state index < -0.39 is 5.54 Å². The van der Waals surface area contributed by atoms with Crippen LogP contribution in [0.4, 0.5) is 0 Å². The van der Waals surface area contributed by atoms with E-state index in [9.17, 15) is 0 Å². The molecule has 0 saturated carbocycles. The maximum Gasteiger partial charge on any atom is 0.0850 e. The Hall–Kier alpha value is -0.840. The van der Waals surface area contributed by atoms with Crippen LogP contribution >= 0.6 is 27.5 Å². The monoisotopic (exact) mass is 369 g/mol. The van der Waals surface area contributed by atoms with Crippen molar-refractivity contribution in [2.45, 2.75) is 45.7 Å². The van der Waals surface area contributed by atoms with Crippen molar-refractivity contribution in [2.24, 2.45) is 5.73 Å². The number of rotatable bonds is 5. The summed E-state index contributed by atoms with van der Waals surface area (Å²) in [6.07, 6.45) is 1.48. The van der Waals surface area contributed by atoms with Crippen LogP contribution in [0.5, 0.6) is 0 Å². The lowest BCUT2D eigenvalue weighted by Crippen LogP contribution is -2.36. The summed E-state index contributed by atoms with van der Waals surface area (Å²) in [5.41, 5.74) is 9.10. The first-order valence-corrected chi connectivity index (χ1v) is 8.35. The Morgan fingerprint density at radius 2 is 2.00 bits per heavy atom. The number of nitrogens with zero attached hydrogens (tertiary/aromatic N) is 2. The van der Waals surface area contributed by atoms with Crippen LogP contribution in [-0.4, -0.2) is 9.78 Å². The summed E-state index contributed by atoms with van der Waals surface area (Å²) >= 11 is 10.1. The number of aryl methyl sites for hydroxylation is 2. The lowest BCUT2D eigenvalue weighted by Gasteiger charge is -2.27. The van der Waals surface area contributed by atoms with Crippen molar-refractivity contribution in [3.63, 3.8) is 0 Å². The van der Waals surface area contributed by atoms with Crippen LogP contribution in [0.1, 0.15) is 37.7 Å². The molecule has 0 aliphatic carbocycles. The van der Waals surface area contributed by atoms with Gasteiger partial charge in [-0.25, -0.2) is 0 Å². The average molecular weight is 371 g/mol. The Morgan fingerprint density at radius 3 is 2.57 bits per heavy atom. The van der Waals surface area contributed by atoms with Crippen molar-refractivity contribution >= 4 is 27.5 Å². The molecule has 2 aromatic rings. The third kappa shape index (κ3) is 3.33. The first-order valence-electron chi connectivity index (χ1n) is 7.18. The van der Waals surface area contributed by atoms with Crippen LogP contribution in [0.2, 0.25) is 5.02 Å². The molecule has 3 nitrogen and oxygen atoms in total. The van der Waals surface area contributed by atoms with E-state index in [4.69, 9.17) is 17.3 Å². The zero-order chi connectivity index (χ0) is 15.6.